The third-order valence-electron chi connectivity index (χ3n) is 5.15. The van der Waals surface area contributed by atoms with Gasteiger partial charge in [-0.1, -0.05) is 89.4 Å². The molecule has 0 bridgehead atoms. The number of aryl methyl sites for hydroxylation is 2. The van der Waals surface area contributed by atoms with E-state index in [0.29, 0.717) is 6.71 Å². The number of hydrogen-bond donors (Lipinski definition) is 0. The lowest BCUT2D eigenvalue weighted by molar-refractivity contribution is 1.15. The second-order valence-electron chi connectivity index (χ2n) is 6.86. The number of benzene rings is 3. The predicted molar refractivity (Wildman–Crippen MR) is 109 cm³/mol. The van der Waals surface area contributed by atoms with Crippen LogP contribution in [0.3, 0.4) is 0 Å². The van der Waals surface area contributed by atoms with Crippen molar-refractivity contribution in [2.24, 2.45) is 4.99 Å². The molecule has 1 nitrogen and oxygen atoms in total. The average Bonchev–Trinajstić information content (AvgIpc) is 3.12. The topological polar surface area (TPSA) is 12.4 Å². The molecule has 0 saturated heterocycles. The molecule has 4 rings (SSSR count). The van der Waals surface area contributed by atoms with Gasteiger partial charge in [-0.15, -0.1) is 0 Å². The fourth-order valence-electron chi connectivity index (χ4n) is 4.07. The molecule has 0 atom stereocenters. The van der Waals surface area contributed by atoms with E-state index in [0.717, 1.165) is 12.9 Å². The summed E-state index contributed by atoms with van der Waals surface area (Å²) in [4.78, 5) is 4.84. The highest BCUT2D eigenvalue weighted by atomic mass is 14.7. The van der Waals surface area contributed by atoms with E-state index in [1.165, 1.54) is 38.9 Å². The van der Waals surface area contributed by atoms with Crippen LogP contribution >= 0.6 is 0 Å². The molecule has 0 aliphatic carbocycles. The summed E-state index contributed by atoms with van der Waals surface area (Å²) in [5.41, 5.74) is 9.29. The first-order valence-corrected chi connectivity index (χ1v) is 9.00. The van der Waals surface area contributed by atoms with Gasteiger partial charge in [0.1, 0.15) is 0 Å². The summed E-state index contributed by atoms with van der Waals surface area (Å²) >= 11 is 0. The van der Waals surface area contributed by atoms with Gasteiger partial charge in [0.05, 0.1) is 0 Å². The molecule has 1 aliphatic heterocycles. The zero-order valence-corrected chi connectivity index (χ0v) is 14.9. The Labute approximate surface area is 150 Å². The van der Waals surface area contributed by atoms with E-state index in [9.17, 15) is 0 Å². The monoisotopic (exact) mass is 323 g/mol. The molecule has 0 amide bonds. The highest BCUT2D eigenvalue weighted by molar-refractivity contribution is 7.03. The van der Waals surface area contributed by atoms with Crippen LogP contribution in [0.4, 0.5) is 0 Å². The van der Waals surface area contributed by atoms with Gasteiger partial charge in [0.2, 0.25) is 6.71 Å². The van der Waals surface area contributed by atoms with Crippen LogP contribution in [-0.2, 0) is 0 Å². The summed E-state index contributed by atoms with van der Waals surface area (Å²) in [5.74, 6) is 0. The van der Waals surface area contributed by atoms with Crippen molar-refractivity contribution in [2.75, 3.05) is 6.54 Å². The SMILES string of the molecule is Cc1cc(-c2ccccc2)cc(C)c1B1CCN=C1c1ccccc1. The molecule has 0 radical (unpaired) electrons. The van der Waals surface area contributed by atoms with Crippen molar-refractivity contribution in [3.05, 3.63) is 89.5 Å². The van der Waals surface area contributed by atoms with Crippen molar-refractivity contribution in [3.63, 3.8) is 0 Å². The smallest absolute Gasteiger partial charge is 0.235 e. The van der Waals surface area contributed by atoms with Gasteiger partial charge in [-0.05, 0) is 36.9 Å². The summed E-state index contributed by atoms with van der Waals surface area (Å²) in [6.07, 6.45) is 1.11. The standard InChI is InChI=1S/C23H22BN/c1-17-15-21(19-9-5-3-6-10-19)16-18(2)22(17)24-13-14-25-23(24)20-11-7-4-8-12-20/h3-12,15-16H,13-14H2,1-2H3. The molecule has 1 heterocycles. The summed E-state index contributed by atoms with van der Waals surface area (Å²) in [5, 5.41) is 0. The minimum absolute atomic E-state index is 0.409. The van der Waals surface area contributed by atoms with Crippen LogP contribution in [-0.4, -0.2) is 18.9 Å². The molecule has 0 saturated carbocycles. The summed E-state index contributed by atoms with van der Waals surface area (Å²) in [6, 6.07) is 25.9. The van der Waals surface area contributed by atoms with Crippen LogP contribution in [0.5, 0.6) is 0 Å². The Kier molecular flexibility index (Phi) is 4.27. The third kappa shape index (κ3) is 3.05. The number of nitrogens with zero attached hydrogens (tertiary/aromatic N) is 1. The number of aliphatic imine (C=N–C) groups is 1. The molecule has 25 heavy (non-hydrogen) atoms. The predicted octanol–water partition coefficient (Wildman–Crippen LogP) is 4.71. The maximum absolute atomic E-state index is 4.84. The summed E-state index contributed by atoms with van der Waals surface area (Å²) < 4.78 is 0. The number of hydrogen-bond acceptors (Lipinski definition) is 1. The average molecular weight is 323 g/mol. The quantitative estimate of drug-likeness (QED) is 0.619. The van der Waals surface area contributed by atoms with Gasteiger partial charge in [0.25, 0.3) is 0 Å². The van der Waals surface area contributed by atoms with E-state index >= 15 is 0 Å². The lowest BCUT2D eigenvalue weighted by Crippen LogP contribution is -2.40. The maximum atomic E-state index is 4.84. The molecule has 0 fully saturated rings. The normalized spacial score (nSPS) is 13.8. The van der Waals surface area contributed by atoms with Crippen LogP contribution in [0.1, 0.15) is 16.7 Å². The second kappa shape index (κ2) is 6.72. The highest BCUT2D eigenvalue weighted by Gasteiger charge is 2.30. The third-order valence-corrected chi connectivity index (χ3v) is 5.15. The van der Waals surface area contributed by atoms with E-state index in [1.807, 2.05) is 0 Å². The molecule has 3 aromatic rings. The lowest BCUT2D eigenvalue weighted by Gasteiger charge is -2.18. The Bertz CT molecular complexity index is 890. The van der Waals surface area contributed by atoms with Crippen LogP contribution in [0.15, 0.2) is 77.8 Å². The molecular formula is C23H22BN. The summed E-state index contributed by atoms with van der Waals surface area (Å²) in [7, 11) is 0. The van der Waals surface area contributed by atoms with Gasteiger partial charge in [-0.3, -0.25) is 4.99 Å². The van der Waals surface area contributed by atoms with E-state index in [1.54, 1.807) is 0 Å². The molecular weight excluding hydrogens is 301 g/mol. The van der Waals surface area contributed by atoms with Gasteiger partial charge < -0.3 is 0 Å². The van der Waals surface area contributed by atoms with Gasteiger partial charge in [0, 0.05) is 12.2 Å². The Morgan fingerprint density at radius 1 is 0.720 bits per heavy atom. The molecule has 2 heteroatoms. The lowest BCUT2D eigenvalue weighted by atomic mass is 9.38. The van der Waals surface area contributed by atoms with E-state index in [2.05, 4.69) is 86.6 Å². The molecule has 0 N–H and O–H groups in total. The van der Waals surface area contributed by atoms with Crippen molar-refractivity contribution in [2.45, 2.75) is 20.2 Å². The largest absolute Gasteiger partial charge is 0.299 e. The second-order valence-corrected chi connectivity index (χ2v) is 6.86. The van der Waals surface area contributed by atoms with Gasteiger partial charge in [0.15, 0.2) is 0 Å². The van der Waals surface area contributed by atoms with Gasteiger partial charge in [-0.2, -0.15) is 0 Å². The first kappa shape index (κ1) is 15.9. The minimum Gasteiger partial charge on any atom is -0.299 e. The van der Waals surface area contributed by atoms with Crippen molar-refractivity contribution in [3.8, 4) is 11.1 Å². The molecule has 122 valence electrons. The van der Waals surface area contributed by atoms with Crippen molar-refractivity contribution >= 4 is 17.8 Å². The molecule has 0 spiro atoms. The summed E-state index contributed by atoms with van der Waals surface area (Å²) in [6.45, 7) is 5.83. The Morgan fingerprint density at radius 2 is 1.28 bits per heavy atom. The number of rotatable bonds is 3. The fourth-order valence-corrected chi connectivity index (χ4v) is 4.07. The van der Waals surface area contributed by atoms with Gasteiger partial charge >= 0.3 is 0 Å². The van der Waals surface area contributed by atoms with Crippen LogP contribution in [0, 0.1) is 13.8 Å². The van der Waals surface area contributed by atoms with Crippen LogP contribution in [0.25, 0.3) is 11.1 Å². The minimum atomic E-state index is 0.409. The van der Waals surface area contributed by atoms with Crippen LogP contribution in [0.2, 0.25) is 6.32 Å². The van der Waals surface area contributed by atoms with E-state index in [4.69, 9.17) is 4.99 Å². The van der Waals surface area contributed by atoms with E-state index < -0.39 is 0 Å². The highest BCUT2D eigenvalue weighted by Crippen LogP contribution is 2.23. The fraction of sp³-hybridized carbons (Fsp3) is 0.174. The molecule has 0 aromatic heterocycles. The zero-order valence-electron chi connectivity index (χ0n) is 14.9. The van der Waals surface area contributed by atoms with E-state index in [-0.39, 0.29) is 0 Å². The molecule has 0 unspecified atom stereocenters. The van der Waals surface area contributed by atoms with Gasteiger partial charge in [-0.25, -0.2) is 0 Å². The maximum Gasteiger partial charge on any atom is 0.235 e. The van der Waals surface area contributed by atoms with Crippen molar-refractivity contribution in [1.82, 2.24) is 0 Å². The zero-order chi connectivity index (χ0) is 17.2. The van der Waals surface area contributed by atoms with Crippen molar-refractivity contribution in [1.29, 1.82) is 0 Å². The Hall–Kier alpha value is -2.61. The first-order chi connectivity index (χ1) is 12.2. The Balaban J connectivity index is 1.75. The van der Waals surface area contributed by atoms with Crippen LogP contribution < -0.4 is 5.46 Å². The molecule has 1 aliphatic rings. The Morgan fingerprint density at radius 3 is 1.88 bits per heavy atom. The first-order valence-electron chi connectivity index (χ1n) is 9.00. The molecule has 3 aromatic carbocycles. The van der Waals surface area contributed by atoms with Crippen molar-refractivity contribution < 1.29 is 0 Å².